The number of carbonyl (C=O) groups is 1. The van der Waals surface area contributed by atoms with Crippen LogP contribution in [-0.2, 0) is 0 Å². The third kappa shape index (κ3) is 3.35. The van der Waals surface area contributed by atoms with Gasteiger partial charge in [0.25, 0.3) is 5.56 Å². The standard InChI is InChI=1S/C17H21NO2/c1-3-4-5-6-7-16(19)13-8-9-15-14(11-13)10-12(2)17(20)18-15/h8-11H,3-7H2,1-2H3,(H,18,20). The summed E-state index contributed by atoms with van der Waals surface area (Å²) >= 11 is 0. The van der Waals surface area contributed by atoms with Gasteiger partial charge in [0, 0.05) is 23.1 Å². The highest BCUT2D eigenvalue weighted by Crippen LogP contribution is 2.16. The van der Waals surface area contributed by atoms with Crippen LogP contribution in [0.25, 0.3) is 10.9 Å². The Kier molecular flexibility index (Phi) is 4.72. The summed E-state index contributed by atoms with van der Waals surface area (Å²) in [6.07, 6.45) is 5.04. The van der Waals surface area contributed by atoms with E-state index in [4.69, 9.17) is 0 Å². The Labute approximate surface area is 119 Å². The maximum absolute atomic E-state index is 12.1. The molecule has 106 valence electrons. The van der Waals surface area contributed by atoms with Crippen LogP contribution in [0.2, 0.25) is 0 Å². The maximum atomic E-state index is 12.1. The SMILES string of the molecule is CCCCCCC(=O)c1ccc2[nH]c(=O)c(C)cc2c1. The third-order valence-corrected chi connectivity index (χ3v) is 3.61. The van der Waals surface area contributed by atoms with E-state index in [1.165, 1.54) is 12.8 Å². The first-order valence-electron chi connectivity index (χ1n) is 7.28. The Morgan fingerprint density at radius 3 is 2.70 bits per heavy atom. The molecule has 0 saturated carbocycles. The Morgan fingerprint density at radius 2 is 1.95 bits per heavy atom. The molecule has 1 heterocycles. The van der Waals surface area contributed by atoms with Gasteiger partial charge in [0.2, 0.25) is 0 Å². The van der Waals surface area contributed by atoms with Crippen molar-refractivity contribution in [1.29, 1.82) is 0 Å². The van der Waals surface area contributed by atoms with Crippen molar-refractivity contribution >= 4 is 16.7 Å². The van der Waals surface area contributed by atoms with Gasteiger partial charge >= 0.3 is 0 Å². The highest BCUT2D eigenvalue weighted by molar-refractivity contribution is 5.99. The molecule has 1 aromatic heterocycles. The van der Waals surface area contributed by atoms with E-state index >= 15 is 0 Å². The van der Waals surface area contributed by atoms with E-state index in [2.05, 4.69) is 11.9 Å². The number of pyridine rings is 1. The molecule has 0 fully saturated rings. The van der Waals surface area contributed by atoms with Crippen LogP contribution in [0.3, 0.4) is 0 Å². The average molecular weight is 271 g/mol. The van der Waals surface area contributed by atoms with Crippen molar-refractivity contribution in [3.05, 3.63) is 45.7 Å². The molecule has 2 rings (SSSR count). The number of H-pyrrole nitrogens is 1. The summed E-state index contributed by atoms with van der Waals surface area (Å²) in [6.45, 7) is 3.94. The van der Waals surface area contributed by atoms with Crippen LogP contribution in [0.5, 0.6) is 0 Å². The van der Waals surface area contributed by atoms with Crippen molar-refractivity contribution in [1.82, 2.24) is 4.98 Å². The molecule has 1 aromatic carbocycles. The molecular formula is C17H21NO2. The molecule has 0 aliphatic carbocycles. The number of hydrogen-bond acceptors (Lipinski definition) is 2. The van der Waals surface area contributed by atoms with Crippen LogP contribution in [0.4, 0.5) is 0 Å². The van der Waals surface area contributed by atoms with Crippen molar-refractivity contribution in [2.75, 3.05) is 0 Å². The molecule has 3 heteroatoms. The number of carbonyl (C=O) groups excluding carboxylic acids is 1. The second-order valence-electron chi connectivity index (χ2n) is 5.32. The molecule has 2 aromatic rings. The van der Waals surface area contributed by atoms with E-state index in [9.17, 15) is 9.59 Å². The van der Waals surface area contributed by atoms with E-state index in [0.717, 1.165) is 29.3 Å². The summed E-state index contributed by atoms with van der Waals surface area (Å²) in [5.74, 6) is 0.187. The summed E-state index contributed by atoms with van der Waals surface area (Å²) in [5.41, 5.74) is 2.12. The summed E-state index contributed by atoms with van der Waals surface area (Å²) in [5, 5.41) is 0.918. The number of rotatable bonds is 6. The minimum Gasteiger partial charge on any atom is -0.322 e. The number of hydrogen-bond donors (Lipinski definition) is 1. The minimum atomic E-state index is -0.0730. The van der Waals surface area contributed by atoms with Crippen LogP contribution in [0, 0.1) is 6.92 Å². The number of aromatic nitrogens is 1. The molecular weight excluding hydrogens is 250 g/mol. The lowest BCUT2D eigenvalue weighted by Gasteiger charge is -2.04. The number of aryl methyl sites for hydroxylation is 1. The first kappa shape index (κ1) is 14.5. The van der Waals surface area contributed by atoms with E-state index in [0.29, 0.717) is 12.0 Å². The Balaban J connectivity index is 2.16. The molecule has 0 aliphatic rings. The fourth-order valence-electron chi connectivity index (χ4n) is 2.35. The van der Waals surface area contributed by atoms with Crippen molar-refractivity contribution in [3.63, 3.8) is 0 Å². The monoisotopic (exact) mass is 271 g/mol. The predicted octanol–water partition coefficient (Wildman–Crippen LogP) is 3.99. The molecule has 0 atom stereocenters. The first-order chi connectivity index (χ1) is 9.61. The van der Waals surface area contributed by atoms with Crippen LogP contribution >= 0.6 is 0 Å². The number of benzene rings is 1. The second-order valence-corrected chi connectivity index (χ2v) is 5.32. The zero-order chi connectivity index (χ0) is 14.5. The van der Waals surface area contributed by atoms with Gasteiger partial charge in [-0.1, -0.05) is 26.2 Å². The molecule has 3 nitrogen and oxygen atoms in total. The van der Waals surface area contributed by atoms with Crippen molar-refractivity contribution in [2.24, 2.45) is 0 Å². The summed E-state index contributed by atoms with van der Waals surface area (Å²) in [6, 6.07) is 7.33. The molecule has 0 unspecified atom stereocenters. The van der Waals surface area contributed by atoms with Gasteiger partial charge in [-0.3, -0.25) is 9.59 Å². The number of unbranched alkanes of at least 4 members (excludes halogenated alkanes) is 3. The van der Waals surface area contributed by atoms with Gasteiger partial charge in [0.1, 0.15) is 0 Å². The van der Waals surface area contributed by atoms with Crippen LogP contribution in [0.1, 0.15) is 54.9 Å². The van der Waals surface area contributed by atoms with Gasteiger partial charge in [-0.15, -0.1) is 0 Å². The number of nitrogens with one attached hydrogen (secondary N) is 1. The maximum Gasteiger partial charge on any atom is 0.251 e. The Bertz CT molecular complexity index is 670. The zero-order valence-corrected chi connectivity index (χ0v) is 12.2. The highest BCUT2D eigenvalue weighted by Gasteiger charge is 2.07. The van der Waals surface area contributed by atoms with E-state index < -0.39 is 0 Å². The third-order valence-electron chi connectivity index (χ3n) is 3.61. The first-order valence-corrected chi connectivity index (χ1v) is 7.28. The Morgan fingerprint density at radius 1 is 1.15 bits per heavy atom. The minimum absolute atomic E-state index is 0.0730. The largest absolute Gasteiger partial charge is 0.322 e. The number of ketones is 1. The molecule has 0 spiro atoms. The van der Waals surface area contributed by atoms with Crippen molar-refractivity contribution < 1.29 is 4.79 Å². The normalized spacial score (nSPS) is 10.9. The molecule has 0 bridgehead atoms. The summed E-state index contributed by atoms with van der Waals surface area (Å²) in [4.78, 5) is 26.5. The van der Waals surface area contributed by atoms with Gasteiger partial charge in [-0.2, -0.15) is 0 Å². The van der Waals surface area contributed by atoms with Gasteiger partial charge in [0.05, 0.1) is 0 Å². The molecule has 0 radical (unpaired) electrons. The topological polar surface area (TPSA) is 49.9 Å². The lowest BCUT2D eigenvalue weighted by molar-refractivity contribution is 0.0979. The quantitative estimate of drug-likeness (QED) is 0.638. The van der Waals surface area contributed by atoms with Crippen LogP contribution in [0.15, 0.2) is 29.1 Å². The lowest BCUT2D eigenvalue weighted by Crippen LogP contribution is -2.09. The average Bonchev–Trinajstić information content (AvgIpc) is 2.44. The molecule has 20 heavy (non-hydrogen) atoms. The van der Waals surface area contributed by atoms with Crippen LogP contribution in [-0.4, -0.2) is 10.8 Å². The van der Waals surface area contributed by atoms with E-state index in [1.807, 2.05) is 18.2 Å². The number of fused-ring (bicyclic) bond motifs is 1. The zero-order valence-electron chi connectivity index (χ0n) is 12.2. The predicted molar refractivity (Wildman–Crippen MR) is 82.4 cm³/mol. The summed E-state index contributed by atoms with van der Waals surface area (Å²) < 4.78 is 0. The summed E-state index contributed by atoms with van der Waals surface area (Å²) in [7, 11) is 0. The number of Topliss-reactive ketones (excluding diaryl/α,β-unsaturated/α-hetero) is 1. The number of aromatic amines is 1. The second kappa shape index (κ2) is 6.51. The fraction of sp³-hybridized carbons (Fsp3) is 0.412. The van der Waals surface area contributed by atoms with Crippen LogP contribution < -0.4 is 5.56 Å². The molecule has 0 amide bonds. The molecule has 1 N–H and O–H groups in total. The van der Waals surface area contributed by atoms with E-state index in [-0.39, 0.29) is 11.3 Å². The van der Waals surface area contributed by atoms with Gasteiger partial charge in [-0.05, 0) is 43.0 Å². The van der Waals surface area contributed by atoms with Gasteiger partial charge in [-0.25, -0.2) is 0 Å². The highest BCUT2D eigenvalue weighted by atomic mass is 16.1. The molecule has 0 saturated heterocycles. The smallest absolute Gasteiger partial charge is 0.251 e. The van der Waals surface area contributed by atoms with Crippen molar-refractivity contribution in [3.8, 4) is 0 Å². The van der Waals surface area contributed by atoms with E-state index in [1.54, 1.807) is 13.0 Å². The molecule has 0 aliphatic heterocycles. The van der Waals surface area contributed by atoms with Gasteiger partial charge in [0.15, 0.2) is 5.78 Å². The lowest BCUT2D eigenvalue weighted by atomic mass is 10.0. The fourth-order valence-corrected chi connectivity index (χ4v) is 2.35. The Hall–Kier alpha value is -1.90. The van der Waals surface area contributed by atoms with Gasteiger partial charge < -0.3 is 4.98 Å². The van der Waals surface area contributed by atoms with Crippen molar-refractivity contribution in [2.45, 2.75) is 46.0 Å².